The molecule has 2 rings (SSSR count). The number of aryl methyl sites for hydroxylation is 1. The van der Waals surface area contributed by atoms with Gasteiger partial charge in [0.25, 0.3) is 0 Å². The largest absolute Gasteiger partial charge is 0.508 e. The Morgan fingerprint density at radius 2 is 1.71 bits per heavy atom. The molecule has 0 spiro atoms. The fraction of sp³-hybridized carbons (Fsp3) is 0.250. The van der Waals surface area contributed by atoms with Gasteiger partial charge in [0.05, 0.1) is 0 Å². The summed E-state index contributed by atoms with van der Waals surface area (Å²) in [7, 11) is 0. The zero-order valence-corrected chi connectivity index (χ0v) is 10.4. The molecule has 17 heavy (non-hydrogen) atoms. The van der Waals surface area contributed by atoms with E-state index >= 15 is 0 Å². The van der Waals surface area contributed by atoms with Crippen molar-refractivity contribution >= 4 is 0 Å². The minimum absolute atomic E-state index is 0.372. The van der Waals surface area contributed by atoms with Crippen molar-refractivity contribution < 1.29 is 5.11 Å². The fourth-order valence-corrected chi connectivity index (χ4v) is 2.24. The first-order valence-electron chi connectivity index (χ1n) is 6.07. The zero-order chi connectivity index (χ0) is 12.3. The topological polar surface area (TPSA) is 20.2 Å². The molecule has 2 aromatic carbocycles. The Bertz CT molecular complexity index is 488. The predicted octanol–water partition coefficient (Wildman–Crippen LogP) is 4.24. The van der Waals surface area contributed by atoms with Crippen LogP contribution >= 0.6 is 0 Å². The predicted molar refractivity (Wildman–Crippen MR) is 71.4 cm³/mol. The first-order chi connectivity index (χ1) is 8.22. The Hall–Kier alpha value is -1.76. The molecule has 0 fully saturated rings. The molecule has 0 aliphatic carbocycles. The highest BCUT2D eigenvalue weighted by atomic mass is 16.3. The van der Waals surface area contributed by atoms with E-state index in [2.05, 4.69) is 37.3 Å². The van der Waals surface area contributed by atoms with Gasteiger partial charge in [-0.3, -0.25) is 0 Å². The molecule has 88 valence electrons. The van der Waals surface area contributed by atoms with Crippen LogP contribution in [0.1, 0.15) is 36.0 Å². The van der Waals surface area contributed by atoms with Crippen LogP contribution in [0.15, 0.2) is 48.5 Å². The number of hydrogen-bond acceptors (Lipinski definition) is 1. The van der Waals surface area contributed by atoms with Crippen molar-refractivity contribution in [1.82, 2.24) is 0 Å². The second kappa shape index (κ2) is 5.05. The summed E-state index contributed by atoms with van der Waals surface area (Å²) in [5, 5.41) is 9.57. The number of rotatable bonds is 3. The molecule has 2 aromatic rings. The third kappa shape index (κ3) is 2.50. The Kier molecular flexibility index (Phi) is 3.48. The summed E-state index contributed by atoms with van der Waals surface area (Å²) in [6.45, 7) is 4.14. The molecule has 0 radical (unpaired) electrons. The SMILES string of the molecule is CCC(c1ccccc1)c1ccc(O)c(C)c1. The summed E-state index contributed by atoms with van der Waals surface area (Å²) in [5.41, 5.74) is 3.55. The van der Waals surface area contributed by atoms with Crippen molar-refractivity contribution in [1.29, 1.82) is 0 Å². The summed E-state index contributed by atoms with van der Waals surface area (Å²) in [6.07, 6.45) is 1.06. The lowest BCUT2D eigenvalue weighted by Crippen LogP contribution is -1.99. The molecule has 0 bridgehead atoms. The van der Waals surface area contributed by atoms with E-state index in [0.717, 1.165) is 12.0 Å². The third-order valence-electron chi connectivity index (χ3n) is 3.23. The molecule has 0 aromatic heterocycles. The van der Waals surface area contributed by atoms with E-state index in [1.54, 1.807) is 6.07 Å². The molecular formula is C16H18O. The van der Waals surface area contributed by atoms with Gasteiger partial charge in [0.1, 0.15) is 5.75 Å². The molecule has 0 saturated carbocycles. The lowest BCUT2D eigenvalue weighted by molar-refractivity contribution is 0.470. The van der Waals surface area contributed by atoms with Crippen LogP contribution < -0.4 is 0 Å². The maximum atomic E-state index is 9.57. The van der Waals surface area contributed by atoms with Gasteiger partial charge in [-0.1, -0.05) is 49.4 Å². The number of aromatic hydroxyl groups is 1. The van der Waals surface area contributed by atoms with Crippen LogP contribution in [0.5, 0.6) is 5.75 Å². The van der Waals surface area contributed by atoms with Gasteiger partial charge in [-0.25, -0.2) is 0 Å². The first kappa shape index (κ1) is 11.7. The van der Waals surface area contributed by atoms with Crippen LogP contribution in [0, 0.1) is 6.92 Å². The minimum Gasteiger partial charge on any atom is -0.508 e. The van der Waals surface area contributed by atoms with Crippen molar-refractivity contribution in [3.63, 3.8) is 0 Å². The monoisotopic (exact) mass is 226 g/mol. The van der Waals surface area contributed by atoms with E-state index in [1.165, 1.54) is 11.1 Å². The highest BCUT2D eigenvalue weighted by Crippen LogP contribution is 2.30. The molecule has 0 saturated heterocycles. The molecule has 0 amide bonds. The van der Waals surface area contributed by atoms with Crippen molar-refractivity contribution in [2.45, 2.75) is 26.2 Å². The molecule has 1 N–H and O–H groups in total. The van der Waals surface area contributed by atoms with Gasteiger partial charge in [-0.2, -0.15) is 0 Å². The average Bonchev–Trinajstić information content (AvgIpc) is 2.36. The number of benzene rings is 2. The van der Waals surface area contributed by atoms with E-state index in [1.807, 2.05) is 19.1 Å². The summed E-state index contributed by atoms with van der Waals surface area (Å²) in [5.74, 6) is 0.784. The minimum atomic E-state index is 0.372. The first-order valence-corrected chi connectivity index (χ1v) is 6.07. The van der Waals surface area contributed by atoms with E-state index in [0.29, 0.717) is 11.7 Å². The lowest BCUT2D eigenvalue weighted by Gasteiger charge is -2.16. The van der Waals surface area contributed by atoms with Crippen molar-refractivity contribution in [2.24, 2.45) is 0 Å². The average molecular weight is 226 g/mol. The number of hydrogen-bond donors (Lipinski definition) is 1. The Balaban J connectivity index is 2.39. The molecular weight excluding hydrogens is 208 g/mol. The number of phenolic OH excluding ortho intramolecular Hbond substituents is 1. The highest BCUT2D eigenvalue weighted by Gasteiger charge is 2.12. The van der Waals surface area contributed by atoms with Crippen LogP contribution in [-0.4, -0.2) is 5.11 Å². The lowest BCUT2D eigenvalue weighted by atomic mass is 9.88. The maximum Gasteiger partial charge on any atom is 0.118 e. The molecule has 1 unspecified atom stereocenters. The smallest absolute Gasteiger partial charge is 0.118 e. The van der Waals surface area contributed by atoms with Gasteiger partial charge >= 0.3 is 0 Å². The van der Waals surface area contributed by atoms with Gasteiger partial charge in [-0.05, 0) is 36.1 Å². The van der Waals surface area contributed by atoms with Crippen molar-refractivity contribution in [3.8, 4) is 5.75 Å². The Morgan fingerprint density at radius 1 is 1.00 bits per heavy atom. The van der Waals surface area contributed by atoms with E-state index in [-0.39, 0.29) is 0 Å². The molecule has 0 aliphatic heterocycles. The van der Waals surface area contributed by atoms with Gasteiger partial charge in [0.2, 0.25) is 0 Å². The van der Waals surface area contributed by atoms with Crippen LogP contribution in [0.2, 0.25) is 0 Å². The Morgan fingerprint density at radius 3 is 2.29 bits per heavy atom. The highest BCUT2D eigenvalue weighted by molar-refractivity contribution is 5.40. The normalized spacial score (nSPS) is 12.4. The maximum absolute atomic E-state index is 9.57. The van der Waals surface area contributed by atoms with E-state index in [9.17, 15) is 5.11 Å². The van der Waals surface area contributed by atoms with Crippen molar-refractivity contribution in [2.75, 3.05) is 0 Å². The molecule has 1 heteroatoms. The standard InChI is InChI=1S/C16H18O/c1-3-15(13-7-5-4-6-8-13)14-9-10-16(17)12(2)11-14/h4-11,15,17H,3H2,1-2H3. The summed E-state index contributed by atoms with van der Waals surface area (Å²) >= 11 is 0. The number of phenols is 1. The molecule has 1 atom stereocenters. The van der Waals surface area contributed by atoms with E-state index in [4.69, 9.17) is 0 Å². The van der Waals surface area contributed by atoms with Crippen LogP contribution in [0.4, 0.5) is 0 Å². The Labute approximate surface area is 103 Å². The van der Waals surface area contributed by atoms with Crippen LogP contribution in [-0.2, 0) is 0 Å². The zero-order valence-electron chi connectivity index (χ0n) is 10.4. The van der Waals surface area contributed by atoms with Gasteiger partial charge in [0, 0.05) is 5.92 Å². The molecule has 0 aliphatic rings. The van der Waals surface area contributed by atoms with E-state index < -0.39 is 0 Å². The second-order valence-corrected chi connectivity index (χ2v) is 4.42. The summed E-state index contributed by atoms with van der Waals surface area (Å²) in [6, 6.07) is 16.4. The summed E-state index contributed by atoms with van der Waals surface area (Å²) in [4.78, 5) is 0. The van der Waals surface area contributed by atoms with Gasteiger partial charge in [-0.15, -0.1) is 0 Å². The third-order valence-corrected chi connectivity index (χ3v) is 3.23. The van der Waals surface area contributed by atoms with Crippen LogP contribution in [0.3, 0.4) is 0 Å². The summed E-state index contributed by atoms with van der Waals surface area (Å²) < 4.78 is 0. The fourth-order valence-electron chi connectivity index (χ4n) is 2.24. The van der Waals surface area contributed by atoms with Crippen molar-refractivity contribution in [3.05, 3.63) is 65.2 Å². The van der Waals surface area contributed by atoms with Crippen LogP contribution in [0.25, 0.3) is 0 Å². The quantitative estimate of drug-likeness (QED) is 0.829. The second-order valence-electron chi connectivity index (χ2n) is 4.42. The molecule has 0 heterocycles. The van der Waals surface area contributed by atoms with Gasteiger partial charge in [0.15, 0.2) is 0 Å². The molecule has 1 nitrogen and oxygen atoms in total. The van der Waals surface area contributed by atoms with Gasteiger partial charge < -0.3 is 5.11 Å².